The third-order valence-corrected chi connectivity index (χ3v) is 2.95. The van der Waals surface area contributed by atoms with Crippen LogP contribution in [0.1, 0.15) is 5.56 Å². The lowest BCUT2D eigenvalue weighted by Crippen LogP contribution is -2.43. The molecule has 0 atom stereocenters. The number of nitrogens with zero attached hydrogens (tertiary/aromatic N) is 2. The summed E-state index contributed by atoms with van der Waals surface area (Å²) in [6.45, 7) is 3.81. The molecule has 0 aromatic heterocycles. The molecular formula is C11H13Cl2N3. The van der Waals surface area contributed by atoms with Crippen LogP contribution in [0.2, 0.25) is 5.02 Å². The number of anilines is 1. The van der Waals surface area contributed by atoms with Crippen molar-refractivity contribution in [1.82, 2.24) is 5.32 Å². The highest BCUT2D eigenvalue weighted by Crippen LogP contribution is 2.28. The topological polar surface area (TPSA) is 39.1 Å². The van der Waals surface area contributed by atoms with Crippen LogP contribution in [0, 0.1) is 11.3 Å². The molecule has 5 heteroatoms. The summed E-state index contributed by atoms with van der Waals surface area (Å²) in [5.74, 6) is 0. The molecule has 0 saturated carbocycles. The Morgan fingerprint density at radius 1 is 1.31 bits per heavy atom. The highest BCUT2D eigenvalue weighted by molar-refractivity contribution is 6.34. The van der Waals surface area contributed by atoms with E-state index in [9.17, 15) is 0 Å². The van der Waals surface area contributed by atoms with E-state index >= 15 is 0 Å². The Bertz CT molecular complexity index is 395. The van der Waals surface area contributed by atoms with Crippen LogP contribution in [-0.2, 0) is 0 Å². The molecule has 1 aromatic rings. The van der Waals surface area contributed by atoms with E-state index in [0.717, 1.165) is 31.9 Å². The van der Waals surface area contributed by atoms with Gasteiger partial charge in [0.1, 0.15) is 6.07 Å². The number of benzene rings is 1. The van der Waals surface area contributed by atoms with E-state index < -0.39 is 0 Å². The molecule has 3 nitrogen and oxygen atoms in total. The Morgan fingerprint density at radius 2 is 2.00 bits per heavy atom. The highest BCUT2D eigenvalue weighted by atomic mass is 35.5. The van der Waals surface area contributed by atoms with E-state index in [4.69, 9.17) is 16.9 Å². The van der Waals surface area contributed by atoms with Crippen molar-refractivity contribution in [3.63, 3.8) is 0 Å². The van der Waals surface area contributed by atoms with Crippen LogP contribution in [0.5, 0.6) is 0 Å². The maximum absolute atomic E-state index is 8.88. The Hall–Kier alpha value is -0.950. The summed E-state index contributed by atoms with van der Waals surface area (Å²) in [7, 11) is 0. The Morgan fingerprint density at radius 3 is 2.62 bits per heavy atom. The van der Waals surface area contributed by atoms with Gasteiger partial charge in [-0.2, -0.15) is 5.26 Å². The van der Waals surface area contributed by atoms with E-state index in [1.807, 2.05) is 12.1 Å². The molecule has 1 heterocycles. The number of halogens is 2. The molecule has 0 amide bonds. The van der Waals surface area contributed by atoms with E-state index in [0.29, 0.717) is 10.6 Å². The second-order valence-electron chi connectivity index (χ2n) is 3.49. The minimum absolute atomic E-state index is 0. The molecule has 1 N–H and O–H groups in total. The zero-order valence-electron chi connectivity index (χ0n) is 8.74. The quantitative estimate of drug-likeness (QED) is 0.837. The minimum Gasteiger partial charge on any atom is -0.368 e. The molecule has 0 unspecified atom stereocenters. The standard InChI is InChI=1S/C11H12ClN3.ClH/c12-11-9(8-13)2-1-3-10(11)15-6-4-14-5-7-15;/h1-3,14H,4-7H2;1H. The SMILES string of the molecule is Cl.N#Cc1cccc(N2CCNCC2)c1Cl. The lowest BCUT2D eigenvalue weighted by Gasteiger charge is -2.30. The van der Waals surface area contributed by atoms with Crippen LogP contribution in [-0.4, -0.2) is 26.2 Å². The van der Waals surface area contributed by atoms with Crippen LogP contribution >= 0.6 is 24.0 Å². The highest BCUT2D eigenvalue weighted by Gasteiger charge is 2.14. The van der Waals surface area contributed by atoms with E-state index in [1.54, 1.807) is 6.07 Å². The fraction of sp³-hybridized carbons (Fsp3) is 0.364. The first kappa shape index (κ1) is 13.1. The van der Waals surface area contributed by atoms with Crippen LogP contribution in [0.4, 0.5) is 5.69 Å². The second-order valence-corrected chi connectivity index (χ2v) is 3.87. The molecule has 0 aliphatic carbocycles. The molecule has 1 fully saturated rings. The van der Waals surface area contributed by atoms with Gasteiger partial charge in [0.2, 0.25) is 0 Å². The number of rotatable bonds is 1. The summed E-state index contributed by atoms with van der Waals surface area (Å²) in [5.41, 5.74) is 1.52. The van der Waals surface area contributed by atoms with Crippen LogP contribution in [0.25, 0.3) is 0 Å². The van der Waals surface area contributed by atoms with E-state index in [-0.39, 0.29) is 12.4 Å². The van der Waals surface area contributed by atoms with E-state index in [1.165, 1.54) is 0 Å². The van der Waals surface area contributed by atoms with Crippen LogP contribution in [0.15, 0.2) is 18.2 Å². The maximum atomic E-state index is 8.88. The fourth-order valence-electron chi connectivity index (χ4n) is 1.76. The van der Waals surface area contributed by atoms with Gasteiger partial charge in [-0.25, -0.2) is 0 Å². The second kappa shape index (κ2) is 5.95. The van der Waals surface area contributed by atoms with Crippen molar-refractivity contribution in [1.29, 1.82) is 5.26 Å². The third-order valence-electron chi connectivity index (χ3n) is 2.56. The average molecular weight is 258 g/mol. The van der Waals surface area contributed by atoms with Crippen molar-refractivity contribution in [2.24, 2.45) is 0 Å². The van der Waals surface area contributed by atoms with Gasteiger partial charge in [-0.15, -0.1) is 12.4 Å². The van der Waals surface area contributed by atoms with Crippen LogP contribution in [0.3, 0.4) is 0 Å². The first-order chi connectivity index (χ1) is 7.33. The van der Waals surface area contributed by atoms with Crippen molar-refractivity contribution in [2.75, 3.05) is 31.1 Å². The molecule has 86 valence electrons. The first-order valence-corrected chi connectivity index (χ1v) is 5.35. The van der Waals surface area contributed by atoms with Gasteiger partial charge in [0.15, 0.2) is 0 Å². The van der Waals surface area contributed by atoms with Gasteiger partial charge < -0.3 is 10.2 Å². The number of nitriles is 1. The summed E-state index contributed by atoms with van der Waals surface area (Å²) in [5, 5.41) is 12.7. The Balaban J connectivity index is 0.00000128. The van der Waals surface area contributed by atoms with Gasteiger partial charge in [-0.05, 0) is 12.1 Å². The van der Waals surface area contributed by atoms with Crippen molar-refractivity contribution in [2.45, 2.75) is 0 Å². The monoisotopic (exact) mass is 257 g/mol. The molecule has 1 aliphatic rings. The number of piperazine rings is 1. The molecule has 2 rings (SSSR count). The van der Waals surface area contributed by atoms with Crippen LogP contribution < -0.4 is 10.2 Å². The lowest BCUT2D eigenvalue weighted by atomic mass is 10.2. The molecule has 1 aliphatic heterocycles. The summed E-state index contributed by atoms with van der Waals surface area (Å²) in [6, 6.07) is 7.69. The van der Waals surface area contributed by atoms with Gasteiger partial charge in [0.25, 0.3) is 0 Å². The maximum Gasteiger partial charge on any atom is 0.101 e. The molecule has 1 aromatic carbocycles. The molecule has 1 saturated heterocycles. The number of nitrogens with one attached hydrogen (secondary N) is 1. The number of hydrogen-bond acceptors (Lipinski definition) is 3. The first-order valence-electron chi connectivity index (χ1n) is 4.97. The predicted octanol–water partition coefficient (Wildman–Crippen LogP) is 2.04. The summed E-state index contributed by atoms with van der Waals surface area (Å²) in [4.78, 5) is 2.21. The van der Waals surface area contributed by atoms with Gasteiger partial charge in [0, 0.05) is 26.2 Å². The summed E-state index contributed by atoms with van der Waals surface area (Å²) in [6.07, 6.45) is 0. The third kappa shape index (κ3) is 2.59. The van der Waals surface area contributed by atoms with Crippen molar-refractivity contribution in [3.8, 4) is 6.07 Å². The Kier molecular flexibility index (Phi) is 4.88. The summed E-state index contributed by atoms with van der Waals surface area (Å²) < 4.78 is 0. The van der Waals surface area contributed by atoms with Crippen molar-refractivity contribution in [3.05, 3.63) is 28.8 Å². The largest absolute Gasteiger partial charge is 0.368 e. The molecule has 0 spiro atoms. The van der Waals surface area contributed by atoms with Gasteiger partial charge in [-0.1, -0.05) is 17.7 Å². The smallest absolute Gasteiger partial charge is 0.101 e. The molecular weight excluding hydrogens is 245 g/mol. The van der Waals surface area contributed by atoms with Crippen molar-refractivity contribution >= 4 is 29.7 Å². The Labute approximate surface area is 106 Å². The molecule has 0 bridgehead atoms. The van der Waals surface area contributed by atoms with Gasteiger partial charge in [0.05, 0.1) is 16.3 Å². The van der Waals surface area contributed by atoms with Gasteiger partial charge >= 0.3 is 0 Å². The van der Waals surface area contributed by atoms with Crippen molar-refractivity contribution < 1.29 is 0 Å². The number of hydrogen-bond donors (Lipinski definition) is 1. The fourth-order valence-corrected chi connectivity index (χ4v) is 2.04. The summed E-state index contributed by atoms with van der Waals surface area (Å²) >= 11 is 6.16. The zero-order valence-corrected chi connectivity index (χ0v) is 10.3. The zero-order chi connectivity index (χ0) is 10.7. The lowest BCUT2D eigenvalue weighted by molar-refractivity contribution is 0.589. The predicted molar refractivity (Wildman–Crippen MR) is 68.5 cm³/mol. The van der Waals surface area contributed by atoms with Gasteiger partial charge in [-0.3, -0.25) is 0 Å². The molecule has 0 radical (unpaired) electrons. The minimum atomic E-state index is 0. The normalized spacial score (nSPS) is 15.1. The van der Waals surface area contributed by atoms with E-state index in [2.05, 4.69) is 16.3 Å². The molecule has 16 heavy (non-hydrogen) atoms. The average Bonchev–Trinajstić information content (AvgIpc) is 2.30.